The molecule has 0 saturated carbocycles. The molecule has 0 bridgehead atoms. The van der Waals surface area contributed by atoms with Crippen molar-refractivity contribution in [2.24, 2.45) is 0 Å². The molecule has 2 aromatic rings. The average Bonchev–Trinajstić information content (AvgIpc) is 3.08. The highest BCUT2D eigenvalue weighted by Crippen LogP contribution is 2.24. The van der Waals surface area contributed by atoms with E-state index in [-0.39, 0.29) is 43.0 Å². The van der Waals surface area contributed by atoms with Crippen molar-refractivity contribution in [3.05, 3.63) is 41.2 Å². The second-order valence-electron chi connectivity index (χ2n) is 6.13. The quantitative estimate of drug-likeness (QED) is 0.657. The van der Waals surface area contributed by atoms with Crippen LogP contribution in [0, 0.1) is 5.82 Å². The minimum Gasteiger partial charge on any atom is -0.356 e. The maximum absolute atomic E-state index is 13.3. The predicted molar refractivity (Wildman–Crippen MR) is 113 cm³/mol. The molecule has 0 radical (unpaired) electrons. The molecule has 5 nitrogen and oxygen atoms in total. The highest BCUT2D eigenvalue weighted by atomic mass is 35.5. The van der Waals surface area contributed by atoms with Crippen LogP contribution in [0.5, 0.6) is 0 Å². The monoisotopic (exact) mass is 434 g/mol. The highest BCUT2D eigenvalue weighted by molar-refractivity contribution is 7.13. The van der Waals surface area contributed by atoms with Gasteiger partial charge in [0.25, 0.3) is 0 Å². The van der Waals surface area contributed by atoms with Gasteiger partial charge in [-0.15, -0.1) is 36.2 Å². The minimum atomic E-state index is -0.281. The largest absolute Gasteiger partial charge is 0.356 e. The molecule has 1 fully saturated rings. The number of nitrogens with one attached hydrogen (secondary N) is 2. The highest BCUT2D eigenvalue weighted by Gasteiger charge is 2.11. The zero-order valence-electron chi connectivity index (χ0n) is 14.9. The van der Waals surface area contributed by atoms with E-state index in [1.54, 1.807) is 6.07 Å². The first-order valence-corrected chi connectivity index (χ1v) is 9.49. The zero-order chi connectivity index (χ0) is 17.5. The van der Waals surface area contributed by atoms with Gasteiger partial charge in [0, 0.05) is 43.7 Å². The Bertz CT molecular complexity index is 710. The van der Waals surface area contributed by atoms with Crippen molar-refractivity contribution in [3.8, 4) is 10.6 Å². The zero-order valence-corrected chi connectivity index (χ0v) is 17.4. The van der Waals surface area contributed by atoms with Crippen LogP contribution in [0.2, 0.25) is 0 Å². The van der Waals surface area contributed by atoms with Gasteiger partial charge in [-0.25, -0.2) is 9.37 Å². The van der Waals surface area contributed by atoms with E-state index in [4.69, 9.17) is 0 Å². The van der Waals surface area contributed by atoms with E-state index in [2.05, 4.69) is 20.5 Å². The SMILES string of the molecule is Cl.Cl.O=C(Cc1csc(-c2cccc(F)c2)n1)NCCCN1CCNCC1. The Hall–Kier alpha value is -1.25. The summed E-state index contributed by atoms with van der Waals surface area (Å²) in [5.74, 6) is -0.298. The summed E-state index contributed by atoms with van der Waals surface area (Å²) in [5, 5.41) is 8.88. The number of nitrogens with zero attached hydrogens (tertiary/aromatic N) is 2. The lowest BCUT2D eigenvalue weighted by atomic mass is 10.2. The number of carbonyl (C=O) groups excluding carboxylic acids is 1. The van der Waals surface area contributed by atoms with Gasteiger partial charge in [-0.05, 0) is 25.1 Å². The lowest BCUT2D eigenvalue weighted by Gasteiger charge is -2.27. The topological polar surface area (TPSA) is 57.3 Å². The van der Waals surface area contributed by atoms with Crippen molar-refractivity contribution >= 4 is 42.1 Å². The molecule has 0 unspecified atom stereocenters. The number of thiazole rings is 1. The first kappa shape index (κ1) is 23.8. The molecule has 9 heteroatoms. The van der Waals surface area contributed by atoms with Gasteiger partial charge in [-0.2, -0.15) is 0 Å². The molecule has 0 aliphatic carbocycles. The number of halogens is 3. The van der Waals surface area contributed by atoms with Crippen molar-refractivity contribution in [1.82, 2.24) is 20.5 Å². The summed E-state index contributed by atoms with van der Waals surface area (Å²) in [5.41, 5.74) is 1.47. The van der Waals surface area contributed by atoms with Gasteiger partial charge < -0.3 is 15.5 Å². The van der Waals surface area contributed by atoms with E-state index in [0.717, 1.165) is 55.4 Å². The third-order valence-corrected chi connectivity index (χ3v) is 5.09. The van der Waals surface area contributed by atoms with Crippen molar-refractivity contribution in [2.75, 3.05) is 39.3 Å². The number of aromatic nitrogens is 1. The van der Waals surface area contributed by atoms with Gasteiger partial charge in [0.2, 0.25) is 5.91 Å². The second-order valence-corrected chi connectivity index (χ2v) is 6.98. The van der Waals surface area contributed by atoms with Crippen LogP contribution in [-0.2, 0) is 11.2 Å². The molecule has 1 amide bonds. The molecule has 3 rings (SSSR count). The third-order valence-electron chi connectivity index (χ3n) is 4.15. The van der Waals surface area contributed by atoms with Crippen LogP contribution >= 0.6 is 36.2 Å². The van der Waals surface area contributed by atoms with Crippen molar-refractivity contribution < 1.29 is 9.18 Å². The maximum Gasteiger partial charge on any atom is 0.226 e. The lowest BCUT2D eigenvalue weighted by Crippen LogP contribution is -2.44. The summed E-state index contributed by atoms with van der Waals surface area (Å²) in [6.07, 6.45) is 1.22. The third kappa shape index (κ3) is 7.71. The van der Waals surface area contributed by atoms with Gasteiger partial charge in [-0.1, -0.05) is 12.1 Å². The van der Waals surface area contributed by atoms with Crippen LogP contribution in [0.3, 0.4) is 0 Å². The van der Waals surface area contributed by atoms with Crippen LogP contribution in [0.25, 0.3) is 10.6 Å². The van der Waals surface area contributed by atoms with Crippen LogP contribution in [-0.4, -0.2) is 55.1 Å². The number of piperazine rings is 1. The van der Waals surface area contributed by atoms with E-state index in [0.29, 0.717) is 6.54 Å². The van der Waals surface area contributed by atoms with Crippen molar-refractivity contribution in [2.45, 2.75) is 12.8 Å². The molecule has 2 N–H and O–H groups in total. The minimum absolute atomic E-state index is 0. The number of hydrogen-bond acceptors (Lipinski definition) is 5. The summed E-state index contributed by atoms with van der Waals surface area (Å²) < 4.78 is 13.3. The van der Waals surface area contributed by atoms with E-state index >= 15 is 0 Å². The summed E-state index contributed by atoms with van der Waals surface area (Å²) in [6, 6.07) is 6.35. The molecule has 0 atom stereocenters. The fourth-order valence-corrected chi connectivity index (χ4v) is 3.65. The molecule has 1 aliphatic rings. The fraction of sp³-hybridized carbons (Fsp3) is 0.444. The molecule has 1 aromatic heterocycles. The number of carbonyl (C=O) groups is 1. The molecule has 1 saturated heterocycles. The molecule has 1 aliphatic heterocycles. The van der Waals surface area contributed by atoms with Gasteiger partial charge in [0.05, 0.1) is 12.1 Å². The molecule has 1 aromatic carbocycles. The number of hydrogen-bond donors (Lipinski definition) is 2. The van der Waals surface area contributed by atoms with Gasteiger partial charge in [0.15, 0.2) is 0 Å². The van der Waals surface area contributed by atoms with Gasteiger partial charge >= 0.3 is 0 Å². The Labute approximate surface area is 175 Å². The standard InChI is InChI=1S/C18H23FN4OS.2ClH/c19-15-4-1-3-14(11-15)18-22-16(13-25-18)12-17(24)21-5-2-8-23-9-6-20-7-10-23;;/h1,3-4,11,13,20H,2,5-10,12H2,(H,21,24);2*1H. The Morgan fingerprint density at radius 3 is 2.81 bits per heavy atom. The maximum atomic E-state index is 13.3. The first-order valence-electron chi connectivity index (χ1n) is 8.61. The van der Waals surface area contributed by atoms with Crippen LogP contribution in [0.1, 0.15) is 12.1 Å². The first-order chi connectivity index (χ1) is 12.2. The second kappa shape index (κ2) is 12.3. The Morgan fingerprint density at radius 2 is 2.07 bits per heavy atom. The molecule has 2 heterocycles. The fourth-order valence-electron chi connectivity index (χ4n) is 2.83. The molecular weight excluding hydrogens is 410 g/mol. The Morgan fingerprint density at radius 1 is 1.30 bits per heavy atom. The normalized spacial score (nSPS) is 14.1. The number of benzene rings is 1. The molecular formula is C18H25Cl2FN4OS. The summed E-state index contributed by atoms with van der Waals surface area (Å²) in [4.78, 5) is 18.9. The molecule has 27 heavy (non-hydrogen) atoms. The van der Waals surface area contributed by atoms with Crippen molar-refractivity contribution in [3.63, 3.8) is 0 Å². The Kier molecular flexibility index (Phi) is 10.8. The lowest BCUT2D eigenvalue weighted by molar-refractivity contribution is -0.120. The summed E-state index contributed by atoms with van der Waals surface area (Å²) >= 11 is 1.43. The van der Waals surface area contributed by atoms with Crippen LogP contribution in [0.4, 0.5) is 4.39 Å². The average molecular weight is 435 g/mol. The summed E-state index contributed by atoms with van der Waals surface area (Å²) in [7, 11) is 0. The van der Waals surface area contributed by atoms with Gasteiger partial charge in [-0.3, -0.25) is 4.79 Å². The number of amides is 1. The predicted octanol–water partition coefficient (Wildman–Crippen LogP) is 2.75. The van der Waals surface area contributed by atoms with Crippen LogP contribution in [0.15, 0.2) is 29.6 Å². The smallest absolute Gasteiger partial charge is 0.226 e. The van der Waals surface area contributed by atoms with E-state index in [1.807, 2.05) is 11.4 Å². The van der Waals surface area contributed by atoms with E-state index in [1.165, 1.54) is 23.5 Å². The Balaban J connectivity index is 0.00000182. The van der Waals surface area contributed by atoms with Crippen molar-refractivity contribution in [1.29, 1.82) is 0 Å². The van der Waals surface area contributed by atoms with Crippen LogP contribution < -0.4 is 10.6 Å². The summed E-state index contributed by atoms with van der Waals surface area (Å²) in [6.45, 7) is 5.95. The molecule has 150 valence electrons. The van der Waals surface area contributed by atoms with E-state index in [9.17, 15) is 9.18 Å². The molecule has 0 spiro atoms. The number of rotatable bonds is 7. The van der Waals surface area contributed by atoms with E-state index < -0.39 is 0 Å². The van der Waals surface area contributed by atoms with Gasteiger partial charge in [0.1, 0.15) is 10.8 Å².